The molecule has 0 bridgehead atoms. The number of hydrogen-bond donors (Lipinski definition) is 0. The molecule has 0 aliphatic carbocycles. The molecule has 0 amide bonds. The molecule has 2 rings (SSSR count). The van der Waals surface area contributed by atoms with E-state index in [-0.39, 0.29) is 0 Å². The summed E-state index contributed by atoms with van der Waals surface area (Å²) in [5, 5.41) is 0. The molecule has 82 valence electrons. The fourth-order valence-electron chi connectivity index (χ4n) is 1.90. The number of aryl methyl sites for hydroxylation is 1. The zero-order chi connectivity index (χ0) is 10.7. The van der Waals surface area contributed by atoms with Gasteiger partial charge in [0, 0.05) is 5.56 Å². The molecule has 0 saturated carbocycles. The van der Waals surface area contributed by atoms with Crippen LogP contribution < -0.4 is 14.5 Å². The molecule has 0 radical (unpaired) electrons. The zero-order valence-corrected chi connectivity index (χ0v) is 9.27. The lowest BCUT2D eigenvalue weighted by atomic mass is 10.2. The van der Waals surface area contributed by atoms with Gasteiger partial charge in [0.15, 0.2) is 0 Å². The van der Waals surface area contributed by atoms with E-state index < -0.39 is 0 Å². The minimum absolute atomic E-state index is 0.790. The highest BCUT2D eigenvalue weighted by molar-refractivity contribution is 5.41. The van der Waals surface area contributed by atoms with Gasteiger partial charge in [0.05, 0.1) is 13.2 Å². The van der Waals surface area contributed by atoms with Crippen LogP contribution in [0.5, 0.6) is 0 Å². The Kier molecular flexibility index (Phi) is 3.06. The third-order valence-electron chi connectivity index (χ3n) is 2.64. The monoisotopic (exact) mass is 209 g/mol. The number of aromatic nitrogens is 1. The second-order valence-corrected chi connectivity index (χ2v) is 3.62. The van der Waals surface area contributed by atoms with Crippen molar-refractivity contribution in [1.82, 2.24) is 0 Å². The highest BCUT2D eigenvalue weighted by atomic mass is 16.6. The Bertz CT molecular complexity index is 335. The first-order valence-electron chi connectivity index (χ1n) is 5.21. The maximum atomic E-state index is 5.34. The third-order valence-corrected chi connectivity index (χ3v) is 2.64. The van der Waals surface area contributed by atoms with Crippen LogP contribution >= 0.6 is 0 Å². The lowest BCUT2D eigenvalue weighted by molar-refractivity contribution is -0.875. The molecule has 0 N–H and O–H groups in total. The zero-order valence-electron chi connectivity index (χ0n) is 9.27. The molecule has 1 fully saturated rings. The fourth-order valence-corrected chi connectivity index (χ4v) is 1.90. The summed E-state index contributed by atoms with van der Waals surface area (Å²) in [5.74, 6) is 1.13. The Morgan fingerprint density at radius 3 is 2.80 bits per heavy atom. The van der Waals surface area contributed by atoms with Crippen molar-refractivity contribution in [3.63, 3.8) is 0 Å². The van der Waals surface area contributed by atoms with Crippen LogP contribution in [0.2, 0.25) is 0 Å². The van der Waals surface area contributed by atoms with Gasteiger partial charge in [0.2, 0.25) is 0 Å². The van der Waals surface area contributed by atoms with Crippen LogP contribution in [0.3, 0.4) is 0 Å². The lowest BCUT2D eigenvalue weighted by Crippen LogP contribution is -2.50. The van der Waals surface area contributed by atoms with E-state index in [1.165, 1.54) is 5.56 Å². The van der Waals surface area contributed by atoms with Crippen LogP contribution in [0.25, 0.3) is 0 Å². The predicted molar refractivity (Wildman–Crippen MR) is 56.9 cm³/mol. The van der Waals surface area contributed by atoms with Crippen molar-refractivity contribution in [3.05, 3.63) is 23.9 Å². The summed E-state index contributed by atoms with van der Waals surface area (Å²) in [4.78, 5) is 7.61. The van der Waals surface area contributed by atoms with Crippen LogP contribution in [-0.2, 0) is 4.74 Å². The Hall–Kier alpha value is -1.29. The number of hydrogen-bond acceptors (Lipinski definition) is 3. The molecule has 1 saturated heterocycles. The number of nitrogens with zero attached hydrogens (tertiary/aromatic N) is 2. The molecule has 1 aromatic rings. The Labute approximate surface area is 90.0 Å². The molecule has 0 aromatic carbocycles. The highest BCUT2D eigenvalue weighted by Crippen LogP contribution is 2.14. The number of anilines is 1. The van der Waals surface area contributed by atoms with Gasteiger partial charge in [0.1, 0.15) is 26.4 Å². The van der Waals surface area contributed by atoms with Crippen LogP contribution in [0.4, 0.5) is 5.82 Å². The van der Waals surface area contributed by atoms with E-state index in [0.29, 0.717) is 0 Å². The summed E-state index contributed by atoms with van der Waals surface area (Å²) < 4.78 is 7.15. The Morgan fingerprint density at radius 1 is 1.40 bits per heavy atom. The summed E-state index contributed by atoms with van der Waals surface area (Å²) >= 11 is 0. The normalized spacial score (nSPS) is 16.5. The summed E-state index contributed by atoms with van der Waals surface area (Å²) in [7, 11) is 1.68. The molecule has 0 atom stereocenters. The predicted octanol–water partition coefficient (Wildman–Crippen LogP) is 0.178. The van der Waals surface area contributed by atoms with E-state index in [1.807, 2.05) is 12.3 Å². The molecule has 0 unspecified atom stereocenters. The van der Waals surface area contributed by atoms with E-state index in [2.05, 4.69) is 17.9 Å². The number of ether oxygens (including phenoxy) is 1. The molecule has 0 spiro atoms. The minimum atomic E-state index is 0.790. The SMILES string of the molecule is CO[n+]1cccc(C)c1N1CCOCC1. The van der Waals surface area contributed by atoms with E-state index >= 15 is 0 Å². The topological polar surface area (TPSA) is 25.6 Å². The molecule has 2 heterocycles. The molecule has 1 aliphatic heterocycles. The van der Waals surface area contributed by atoms with Crippen LogP contribution in [0, 0.1) is 6.92 Å². The summed E-state index contributed by atoms with van der Waals surface area (Å²) in [6.07, 6.45) is 1.93. The van der Waals surface area contributed by atoms with E-state index in [0.717, 1.165) is 32.1 Å². The van der Waals surface area contributed by atoms with Gasteiger partial charge < -0.3 is 9.57 Å². The molecule has 1 aliphatic rings. The summed E-state index contributed by atoms with van der Waals surface area (Å²) in [5.41, 5.74) is 1.22. The fraction of sp³-hybridized carbons (Fsp3) is 0.545. The largest absolute Gasteiger partial charge is 0.373 e. The van der Waals surface area contributed by atoms with Crippen LogP contribution in [0.15, 0.2) is 18.3 Å². The van der Waals surface area contributed by atoms with Gasteiger partial charge in [-0.25, -0.2) is 0 Å². The van der Waals surface area contributed by atoms with Crippen LogP contribution in [-0.4, -0.2) is 33.4 Å². The Morgan fingerprint density at radius 2 is 2.13 bits per heavy atom. The molecule has 4 nitrogen and oxygen atoms in total. The average Bonchev–Trinajstić information content (AvgIpc) is 2.29. The minimum Gasteiger partial charge on any atom is -0.373 e. The standard InChI is InChI=1S/C11H17N2O2/c1-10-4-3-5-13(14-2)11(10)12-6-8-15-9-7-12/h3-5H,6-9H2,1-2H3/q+1. The van der Waals surface area contributed by atoms with Crippen LogP contribution in [0.1, 0.15) is 5.56 Å². The maximum Gasteiger partial charge on any atom is 0.319 e. The average molecular weight is 209 g/mol. The van der Waals surface area contributed by atoms with Crippen molar-refractivity contribution < 1.29 is 14.3 Å². The maximum absolute atomic E-state index is 5.34. The molecular weight excluding hydrogens is 192 g/mol. The molecule has 1 aromatic heterocycles. The van der Waals surface area contributed by atoms with Gasteiger partial charge in [-0.1, -0.05) is 0 Å². The van der Waals surface area contributed by atoms with Gasteiger partial charge in [0.25, 0.3) is 0 Å². The van der Waals surface area contributed by atoms with Crippen molar-refractivity contribution >= 4 is 5.82 Å². The first-order chi connectivity index (χ1) is 7.33. The second-order valence-electron chi connectivity index (χ2n) is 3.62. The Balaban J connectivity index is 2.31. The molecule has 4 heteroatoms. The molecule has 15 heavy (non-hydrogen) atoms. The quantitative estimate of drug-likeness (QED) is 0.650. The molecular formula is C11H17N2O2+. The van der Waals surface area contributed by atoms with Gasteiger partial charge in [-0.2, -0.15) is 0 Å². The van der Waals surface area contributed by atoms with Gasteiger partial charge in [-0.05, 0) is 23.8 Å². The first-order valence-corrected chi connectivity index (χ1v) is 5.21. The smallest absolute Gasteiger partial charge is 0.319 e. The lowest BCUT2D eigenvalue weighted by Gasteiger charge is -2.23. The van der Waals surface area contributed by atoms with Gasteiger partial charge in [-0.15, -0.1) is 0 Å². The highest BCUT2D eigenvalue weighted by Gasteiger charge is 2.24. The number of pyridine rings is 1. The van der Waals surface area contributed by atoms with E-state index in [4.69, 9.17) is 9.57 Å². The van der Waals surface area contributed by atoms with Gasteiger partial charge in [-0.3, -0.25) is 4.90 Å². The number of morpholine rings is 1. The first kappa shape index (κ1) is 10.2. The van der Waals surface area contributed by atoms with E-state index in [9.17, 15) is 0 Å². The summed E-state index contributed by atoms with van der Waals surface area (Å²) in [6.45, 7) is 5.53. The van der Waals surface area contributed by atoms with Crippen molar-refractivity contribution in [2.75, 3.05) is 38.3 Å². The second kappa shape index (κ2) is 4.49. The summed E-state index contributed by atoms with van der Waals surface area (Å²) in [6, 6.07) is 4.09. The number of rotatable bonds is 2. The van der Waals surface area contributed by atoms with Crippen molar-refractivity contribution in [2.45, 2.75) is 6.92 Å². The van der Waals surface area contributed by atoms with Gasteiger partial charge >= 0.3 is 5.82 Å². The third kappa shape index (κ3) is 2.04. The van der Waals surface area contributed by atoms with Crippen molar-refractivity contribution in [1.29, 1.82) is 0 Å². The van der Waals surface area contributed by atoms with Crippen molar-refractivity contribution in [2.24, 2.45) is 0 Å². The van der Waals surface area contributed by atoms with Crippen molar-refractivity contribution in [3.8, 4) is 0 Å². The van der Waals surface area contributed by atoms with E-state index in [1.54, 1.807) is 11.8 Å².